The van der Waals surface area contributed by atoms with Crippen LogP contribution in [0.3, 0.4) is 0 Å². The van der Waals surface area contributed by atoms with Crippen molar-refractivity contribution in [3.05, 3.63) is 47.8 Å². The Morgan fingerprint density at radius 3 is 2.94 bits per heavy atom. The minimum atomic E-state index is 0.541. The van der Waals surface area contributed by atoms with Gasteiger partial charge in [0.05, 0.1) is 12.8 Å². The zero-order valence-corrected chi connectivity index (χ0v) is 9.97. The van der Waals surface area contributed by atoms with E-state index in [0.29, 0.717) is 13.2 Å². The van der Waals surface area contributed by atoms with E-state index in [1.54, 1.807) is 4.68 Å². The highest BCUT2D eigenvalue weighted by Gasteiger charge is 1.98. The number of ether oxygens (including phenoxy) is 1. The molecule has 0 amide bonds. The number of aryl methyl sites for hydroxylation is 1. The summed E-state index contributed by atoms with van der Waals surface area (Å²) in [5, 5.41) is 4.11. The Balaban J connectivity index is 1.85. The second-order valence-electron chi connectivity index (χ2n) is 3.97. The van der Waals surface area contributed by atoms with Crippen LogP contribution in [0.2, 0.25) is 0 Å². The van der Waals surface area contributed by atoms with E-state index in [9.17, 15) is 0 Å². The zero-order chi connectivity index (χ0) is 12.1. The first-order valence-electron chi connectivity index (χ1n) is 5.67. The summed E-state index contributed by atoms with van der Waals surface area (Å²) in [5.74, 6) is 0.872. The third-order valence-corrected chi connectivity index (χ3v) is 2.55. The van der Waals surface area contributed by atoms with Crippen LogP contribution in [-0.2, 0) is 20.0 Å². The third kappa shape index (κ3) is 3.32. The van der Waals surface area contributed by atoms with Gasteiger partial charge in [0.25, 0.3) is 0 Å². The number of benzene rings is 1. The fourth-order valence-electron chi connectivity index (χ4n) is 1.65. The number of nitrogens with zero attached hydrogens (tertiary/aromatic N) is 2. The lowest BCUT2D eigenvalue weighted by Gasteiger charge is -2.06. The van der Waals surface area contributed by atoms with E-state index in [4.69, 9.17) is 10.5 Å². The molecule has 4 heteroatoms. The summed E-state index contributed by atoms with van der Waals surface area (Å²) in [4.78, 5) is 0. The summed E-state index contributed by atoms with van der Waals surface area (Å²) >= 11 is 0. The molecular weight excluding hydrogens is 214 g/mol. The molecule has 0 fully saturated rings. The van der Waals surface area contributed by atoms with Crippen molar-refractivity contribution in [2.45, 2.75) is 13.0 Å². The molecule has 2 aromatic rings. The highest BCUT2D eigenvalue weighted by molar-refractivity contribution is 5.28. The molecule has 0 spiro atoms. The van der Waals surface area contributed by atoms with Gasteiger partial charge in [0, 0.05) is 26.2 Å². The number of aromatic nitrogens is 2. The molecule has 0 radical (unpaired) electrons. The van der Waals surface area contributed by atoms with Gasteiger partial charge in [-0.1, -0.05) is 12.1 Å². The quantitative estimate of drug-likeness (QED) is 0.848. The van der Waals surface area contributed by atoms with Crippen LogP contribution < -0.4 is 10.5 Å². The smallest absolute Gasteiger partial charge is 0.119 e. The molecule has 90 valence electrons. The Hall–Kier alpha value is -1.81. The van der Waals surface area contributed by atoms with Crippen LogP contribution in [0.15, 0.2) is 36.7 Å². The third-order valence-electron chi connectivity index (χ3n) is 2.55. The molecule has 0 atom stereocenters. The molecule has 0 unspecified atom stereocenters. The predicted octanol–water partition coefficient (Wildman–Crippen LogP) is 1.50. The molecule has 1 heterocycles. The van der Waals surface area contributed by atoms with E-state index < -0.39 is 0 Å². The number of hydrogen-bond acceptors (Lipinski definition) is 3. The van der Waals surface area contributed by atoms with Crippen molar-refractivity contribution in [2.75, 3.05) is 6.61 Å². The topological polar surface area (TPSA) is 53.1 Å². The van der Waals surface area contributed by atoms with Gasteiger partial charge < -0.3 is 10.5 Å². The van der Waals surface area contributed by atoms with Crippen molar-refractivity contribution in [1.82, 2.24) is 9.78 Å². The summed E-state index contributed by atoms with van der Waals surface area (Å²) < 4.78 is 7.47. The van der Waals surface area contributed by atoms with Crippen molar-refractivity contribution in [1.29, 1.82) is 0 Å². The van der Waals surface area contributed by atoms with Crippen molar-refractivity contribution >= 4 is 0 Å². The summed E-state index contributed by atoms with van der Waals surface area (Å²) in [6.45, 7) is 1.19. The van der Waals surface area contributed by atoms with Gasteiger partial charge in [-0.3, -0.25) is 4.68 Å². The van der Waals surface area contributed by atoms with E-state index in [1.165, 1.54) is 5.56 Å². The fraction of sp³-hybridized carbons (Fsp3) is 0.308. The fourth-order valence-corrected chi connectivity index (χ4v) is 1.65. The van der Waals surface area contributed by atoms with E-state index >= 15 is 0 Å². The molecule has 0 saturated carbocycles. The first-order valence-corrected chi connectivity index (χ1v) is 5.67. The molecule has 0 aliphatic carbocycles. The molecule has 1 aromatic heterocycles. The molecule has 1 aromatic carbocycles. The Kier molecular flexibility index (Phi) is 3.77. The van der Waals surface area contributed by atoms with Gasteiger partial charge in [-0.2, -0.15) is 5.10 Å². The van der Waals surface area contributed by atoms with Gasteiger partial charge in [0.2, 0.25) is 0 Å². The molecule has 0 bridgehead atoms. The second kappa shape index (κ2) is 5.50. The lowest BCUT2D eigenvalue weighted by Crippen LogP contribution is -2.02. The lowest BCUT2D eigenvalue weighted by molar-refractivity contribution is 0.321. The number of rotatable bonds is 5. The van der Waals surface area contributed by atoms with Gasteiger partial charge >= 0.3 is 0 Å². The molecule has 4 nitrogen and oxygen atoms in total. The van der Waals surface area contributed by atoms with Gasteiger partial charge in [-0.05, 0) is 23.3 Å². The second-order valence-corrected chi connectivity index (χ2v) is 3.97. The van der Waals surface area contributed by atoms with E-state index in [2.05, 4.69) is 5.10 Å². The van der Waals surface area contributed by atoms with Gasteiger partial charge in [-0.25, -0.2) is 0 Å². The van der Waals surface area contributed by atoms with Gasteiger partial charge in [0.1, 0.15) is 5.75 Å². The molecule has 2 N–H and O–H groups in total. The van der Waals surface area contributed by atoms with Crippen LogP contribution in [0, 0.1) is 0 Å². The van der Waals surface area contributed by atoms with E-state index in [-0.39, 0.29) is 0 Å². The first-order chi connectivity index (χ1) is 8.28. The maximum Gasteiger partial charge on any atom is 0.119 e. The molecular formula is C13H17N3O. The van der Waals surface area contributed by atoms with Crippen molar-refractivity contribution in [3.8, 4) is 5.75 Å². The lowest BCUT2D eigenvalue weighted by atomic mass is 10.2. The molecule has 17 heavy (non-hydrogen) atoms. The number of nitrogens with two attached hydrogens (primary N) is 1. The van der Waals surface area contributed by atoms with Gasteiger partial charge in [0.15, 0.2) is 0 Å². The summed E-state index contributed by atoms with van der Waals surface area (Å²) in [6, 6.07) is 7.88. The SMILES string of the molecule is Cn1cc(CCOc2cccc(CN)c2)cn1. The highest BCUT2D eigenvalue weighted by Crippen LogP contribution is 2.13. The van der Waals surface area contributed by atoms with Crippen molar-refractivity contribution in [3.63, 3.8) is 0 Å². The Morgan fingerprint density at radius 2 is 2.24 bits per heavy atom. The summed E-state index contributed by atoms with van der Waals surface area (Å²) in [6.07, 6.45) is 4.72. The number of hydrogen-bond donors (Lipinski definition) is 1. The van der Waals surface area contributed by atoms with Crippen molar-refractivity contribution in [2.24, 2.45) is 12.8 Å². The molecule has 0 aliphatic rings. The van der Waals surface area contributed by atoms with Crippen LogP contribution in [0.4, 0.5) is 0 Å². The maximum absolute atomic E-state index is 5.67. The Bertz CT molecular complexity index is 479. The Labute approximate surface area is 101 Å². The molecule has 0 saturated heterocycles. The van der Waals surface area contributed by atoms with Gasteiger partial charge in [-0.15, -0.1) is 0 Å². The minimum Gasteiger partial charge on any atom is -0.493 e. The van der Waals surface area contributed by atoms with Crippen molar-refractivity contribution < 1.29 is 4.74 Å². The van der Waals surface area contributed by atoms with Crippen LogP contribution >= 0.6 is 0 Å². The normalized spacial score (nSPS) is 10.5. The zero-order valence-electron chi connectivity index (χ0n) is 9.97. The predicted molar refractivity (Wildman–Crippen MR) is 66.7 cm³/mol. The summed E-state index contributed by atoms with van der Waals surface area (Å²) in [5.41, 5.74) is 7.84. The van der Waals surface area contributed by atoms with Crippen LogP contribution in [0.1, 0.15) is 11.1 Å². The average Bonchev–Trinajstić information content (AvgIpc) is 2.75. The monoisotopic (exact) mass is 231 g/mol. The Morgan fingerprint density at radius 1 is 1.35 bits per heavy atom. The first kappa shape index (κ1) is 11.7. The largest absolute Gasteiger partial charge is 0.493 e. The molecule has 0 aliphatic heterocycles. The van der Waals surface area contributed by atoms with Crippen LogP contribution in [0.5, 0.6) is 5.75 Å². The van der Waals surface area contributed by atoms with Crippen LogP contribution in [0.25, 0.3) is 0 Å². The van der Waals surface area contributed by atoms with E-state index in [0.717, 1.165) is 17.7 Å². The highest BCUT2D eigenvalue weighted by atomic mass is 16.5. The summed E-state index contributed by atoms with van der Waals surface area (Å²) in [7, 11) is 1.91. The maximum atomic E-state index is 5.67. The van der Waals surface area contributed by atoms with E-state index in [1.807, 2.05) is 43.7 Å². The average molecular weight is 231 g/mol. The minimum absolute atomic E-state index is 0.541. The van der Waals surface area contributed by atoms with Crippen LogP contribution in [-0.4, -0.2) is 16.4 Å². The standard InChI is InChI=1S/C13H17N3O/c1-16-10-12(9-15-16)5-6-17-13-4-2-3-11(7-13)8-14/h2-4,7,9-10H,5-6,8,14H2,1H3. The molecule has 2 rings (SSSR count).